The molecule has 0 aliphatic rings. The van der Waals surface area contributed by atoms with Gasteiger partial charge in [-0.15, -0.1) is 5.10 Å². The van der Waals surface area contributed by atoms with Crippen molar-refractivity contribution in [3.05, 3.63) is 59.7 Å². The van der Waals surface area contributed by atoms with E-state index in [-0.39, 0.29) is 5.69 Å². The number of aromatic nitrogens is 3. The van der Waals surface area contributed by atoms with Crippen molar-refractivity contribution in [1.29, 1.82) is 0 Å². The highest BCUT2D eigenvalue weighted by Gasteiger charge is 2.30. The summed E-state index contributed by atoms with van der Waals surface area (Å²) in [5.41, 5.74) is 1.26. The van der Waals surface area contributed by atoms with E-state index >= 15 is 0 Å². The standard InChI is InChI=1S/C19H17F3N4OS/c1-11-6-8-13(9-7-11)16-24-18(26-25-16)28-12(2)17(27)23-15-5-3-4-14(10-15)19(20,21)22/h3-10,12H,1-2H3,(H,23,27)(H,24,25,26). The summed E-state index contributed by atoms with van der Waals surface area (Å²) in [6.07, 6.45) is -4.47. The summed E-state index contributed by atoms with van der Waals surface area (Å²) in [7, 11) is 0. The maximum absolute atomic E-state index is 12.8. The van der Waals surface area contributed by atoms with Gasteiger partial charge in [-0.25, -0.2) is 4.98 Å². The van der Waals surface area contributed by atoms with Gasteiger partial charge in [-0.05, 0) is 32.0 Å². The number of alkyl halides is 3. The van der Waals surface area contributed by atoms with Gasteiger partial charge in [-0.3, -0.25) is 9.89 Å². The molecule has 0 spiro atoms. The van der Waals surface area contributed by atoms with Gasteiger partial charge in [0.25, 0.3) is 0 Å². The van der Waals surface area contributed by atoms with E-state index < -0.39 is 22.9 Å². The van der Waals surface area contributed by atoms with Crippen LogP contribution >= 0.6 is 11.8 Å². The zero-order valence-corrected chi connectivity index (χ0v) is 15.9. The Morgan fingerprint density at radius 2 is 1.89 bits per heavy atom. The van der Waals surface area contributed by atoms with Gasteiger partial charge in [-0.2, -0.15) is 13.2 Å². The van der Waals surface area contributed by atoms with E-state index in [1.807, 2.05) is 31.2 Å². The molecule has 0 saturated heterocycles. The van der Waals surface area contributed by atoms with E-state index in [2.05, 4.69) is 20.5 Å². The largest absolute Gasteiger partial charge is 0.416 e. The Morgan fingerprint density at radius 3 is 2.57 bits per heavy atom. The normalized spacial score (nSPS) is 12.6. The highest BCUT2D eigenvalue weighted by atomic mass is 32.2. The molecule has 1 atom stereocenters. The molecule has 1 aromatic heterocycles. The van der Waals surface area contributed by atoms with E-state index in [1.54, 1.807) is 6.92 Å². The highest BCUT2D eigenvalue weighted by molar-refractivity contribution is 8.00. The van der Waals surface area contributed by atoms with Crippen molar-refractivity contribution >= 4 is 23.4 Å². The van der Waals surface area contributed by atoms with Crippen LogP contribution in [0.2, 0.25) is 0 Å². The first kappa shape index (κ1) is 19.9. The Balaban J connectivity index is 1.64. The number of rotatable bonds is 5. The van der Waals surface area contributed by atoms with Gasteiger partial charge < -0.3 is 5.32 Å². The maximum atomic E-state index is 12.8. The molecule has 2 N–H and O–H groups in total. The van der Waals surface area contributed by atoms with Crippen molar-refractivity contribution in [2.45, 2.75) is 30.4 Å². The van der Waals surface area contributed by atoms with Crippen LogP contribution in [0.25, 0.3) is 11.4 Å². The summed E-state index contributed by atoms with van der Waals surface area (Å²) in [6, 6.07) is 12.2. The number of anilines is 1. The summed E-state index contributed by atoms with van der Waals surface area (Å²) in [4.78, 5) is 16.7. The van der Waals surface area contributed by atoms with Crippen molar-refractivity contribution in [2.75, 3.05) is 5.32 Å². The van der Waals surface area contributed by atoms with Crippen LogP contribution in [0.15, 0.2) is 53.7 Å². The van der Waals surface area contributed by atoms with Crippen molar-refractivity contribution in [2.24, 2.45) is 0 Å². The number of halogens is 3. The first-order chi connectivity index (χ1) is 13.2. The van der Waals surface area contributed by atoms with Crippen LogP contribution in [0.1, 0.15) is 18.1 Å². The zero-order chi connectivity index (χ0) is 20.3. The first-order valence-electron chi connectivity index (χ1n) is 8.36. The topological polar surface area (TPSA) is 70.7 Å². The van der Waals surface area contributed by atoms with E-state index in [0.717, 1.165) is 35.0 Å². The minimum atomic E-state index is -4.47. The number of carbonyl (C=O) groups is 1. The second-order valence-electron chi connectivity index (χ2n) is 6.16. The average Bonchev–Trinajstić information content (AvgIpc) is 3.10. The average molecular weight is 406 g/mol. The molecule has 0 aliphatic heterocycles. The number of benzene rings is 2. The SMILES string of the molecule is Cc1ccc(-c2nc(SC(C)C(=O)Nc3cccc(C(F)(F)F)c3)n[nH]2)cc1. The lowest BCUT2D eigenvalue weighted by Crippen LogP contribution is -2.22. The second-order valence-corrected chi connectivity index (χ2v) is 7.47. The van der Waals surface area contributed by atoms with E-state index in [1.165, 1.54) is 12.1 Å². The molecule has 1 heterocycles. The monoisotopic (exact) mass is 406 g/mol. The summed E-state index contributed by atoms with van der Waals surface area (Å²) in [5, 5.41) is 9.18. The van der Waals surface area contributed by atoms with Crippen molar-refractivity contribution < 1.29 is 18.0 Å². The molecule has 0 radical (unpaired) electrons. The molecular weight excluding hydrogens is 389 g/mol. The zero-order valence-electron chi connectivity index (χ0n) is 15.0. The fourth-order valence-corrected chi connectivity index (χ4v) is 3.09. The fraction of sp³-hybridized carbons (Fsp3) is 0.211. The number of nitrogens with one attached hydrogen (secondary N) is 2. The molecule has 0 aliphatic carbocycles. The number of aryl methyl sites for hydroxylation is 1. The van der Waals surface area contributed by atoms with Crippen LogP contribution < -0.4 is 5.32 Å². The lowest BCUT2D eigenvalue weighted by Gasteiger charge is -2.12. The Morgan fingerprint density at radius 1 is 1.18 bits per heavy atom. The van der Waals surface area contributed by atoms with Gasteiger partial charge >= 0.3 is 6.18 Å². The number of thioether (sulfide) groups is 1. The number of H-pyrrole nitrogens is 1. The van der Waals surface area contributed by atoms with Crippen LogP contribution in [0.5, 0.6) is 0 Å². The van der Waals surface area contributed by atoms with E-state index in [9.17, 15) is 18.0 Å². The molecule has 0 saturated carbocycles. The summed E-state index contributed by atoms with van der Waals surface area (Å²) < 4.78 is 38.3. The Bertz CT molecular complexity index is 970. The first-order valence-corrected chi connectivity index (χ1v) is 9.24. The van der Waals surface area contributed by atoms with Gasteiger partial charge in [0.05, 0.1) is 10.8 Å². The van der Waals surface area contributed by atoms with E-state index in [0.29, 0.717) is 11.0 Å². The molecule has 1 amide bonds. The number of carbonyl (C=O) groups excluding carboxylic acids is 1. The lowest BCUT2D eigenvalue weighted by atomic mass is 10.1. The van der Waals surface area contributed by atoms with Crippen LogP contribution in [0.4, 0.5) is 18.9 Å². The molecule has 3 aromatic rings. The number of aromatic amines is 1. The van der Waals surface area contributed by atoms with Gasteiger partial charge in [0, 0.05) is 11.3 Å². The van der Waals surface area contributed by atoms with Crippen LogP contribution in [0, 0.1) is 6.92 Å². The quantitative estimate of drug-likeness (QED) is 0.590. The van der Waals surface area contributed by atoms with Gasteiger partial charge in [0.1, 0.15) is 0 Å². The molecular formula is C19H17F3N4OS. The minimum Gasteiger partial charge on any atom is -0.325 e. The molecule has 0 bridgehead atoms. The highest BCUT2D eigenvalue weighted by Crippen LogP contribution is 2.31. The summed E-state index contributed by atoms with van der Waals surface area (Å²) in [5.74, 6) is 0.138. The fourth-order valence-electron chi connectivity index (χ4n) is 2.37. The number of hydrogen-bond acceptors (Lipinski definition) is 4. The van der Waals surface area contributed by atoms with Crippen LogP contribution in [-0.4, -0.2) is 26.3 Å². The molecule has 146 valence electrons. The van der Waals surface area contributed by atoms with Gasteiger partial charge in [0.15, 0.2) is 5.82 Å². The smallest absolute Gasteiger partial charge is 0.325 e. The summed E-state index contributed by atoms with van der Waals surface area (Å²) >= 11 is 1.11. The third-order valence-corrected chi connectivity index (χ3v) is 4.86. The molecule has 3 rings (SSSR count). The molecule has 2 aromatic carbocycles. The van der Waals surface area contributed by atoms with Crippen molar-refractivity contribution in [3.63, 3.8) is 0 Å². The number of hydrogen-bond donors (Lipinski definition) is 2. The van der Waals surface area contributed by atoms with Crippen molar-refractivity contribution in [3.8, 4) is 11.4 Å². The lowest BCUT2D eigenvalue weighted by molar-refractivity contribution is -0.137. The summed E-state index contributed by atoms with van der Waals surface area (Å²) in [6.45, 7) is 3.62. The second kappa shape index (κ2) is 8.05. The molecule has 1 unspecified atom stereocenters. The predicted molar refractivity (Wildman–Crippen MR) is 102 cm³/mol. The minimum absolute atomic E-state index is 0.0857. The molecule has 9 heteroatoms. The number of amides is 1. The Kier molecular flexibility index (Phi) is 5.73. The molecule has 0 fully saturated rings. The van der Waals surface area contributed by atoms with Crippen LogP contribution in [-0.2, 0) is 11.0 Å². The number of nitrogens with zero attached hydrogens (tertiary/aromatic N) is 2. The third kappa shape index (κ3) is 4.92. The molecule has 5 nitrogen and oxygen atoms in total. The van der Waals surface area contributed by atoms with Crippen LogP contribution in [0.3, 0.4) is 0 Å². The van der Waals surface area contributed by atoms with Gasteiger partial charge in [0.2, 0.25) is 11.1 Å². The Hall–Kier alpha value is -2.81. The molecule has 28 heavy (non-hydrogen) atoms. The van der Waals surface area contributed by atoms with Gasteiger partial charge in [-0.1, -0.05) is 47.7 Å². The maximum Gasteiger partial charge on any atom is 0.416 e. The van der Waals surface area contributed by atoms with Crippen molar-refractivity contribution in [1.82, 2.24) is 15.2 Å². The third-order valence-electron chi connectivity index (χ3n) is 3.90. The van der Waals surface area contributed by atoms with E-state index in [4.69, 9.17) is 0 Å². The predicted octanol–water partition coefficient (Wildman–Crippen LogP) is 4.92. The Labute approximate surface area is 163 Å².